The second-order valence-corrected chi connectivity index (χ2v) is 4.54. The molecule has 4 nitrogen and oxygen atoms in total. The maximum atomic E-state index is 6.14. The monoisotopic (exact) mass is 250 g/mol. The predicted octanol–water partition coefficient (Wildman–Crippen LogP) is 2.95. The highest BCUT2D eigenvalue weighted by Crippen LogP contribution is 2.26. The first-order valence-electron chi connectivity index (χ1n) is 5.45. The van der Waals surface area contributed by atoms with E-state index in [-0.39, 0.29) is 6.04 Å². The molecule has 2 aromatic rings. The maximum absolute atomic E-state index is 6.14. The summed E-state index contributed by atoms with van der Waals surface area (Å²) >= 11 is 6.14. The van der Waals surface area contributed by atoms with Crippen LogP contribution in [0.3, 0.4) is 0 Å². The first-order valence-corrected chi connectivity index (χ1v) is 5.83. The Balaban J connectivity index is 2.21. The van der Waals surface area contributed by atoms with Crippen molar-refractivity contribution in [3.05, 3.63) is 40.7 Å². The average molecular weight is 251 g/mol. The number of nitrogens with one attached hydrogen (secondary N) is 1. The van der Waals surface area contributed by atoms with E-state index in [1.165, 1.54) is 5.56 Å². The maximum Gasteiger partial charge on any atom is 0.0803 e. The van der Waals surface area contributed by atoms with E-state index in [0.29, 0.717) is 0 Å². The quantitative estimate of drug-likeness (QED) is 0.911. The zero-order valence-corrected chi connectivity index (χ0v) is 10.9. The zero-order valence-electron chi connectivity index (χ0n) is 10.1. The van der Waals surface area contributed by atoms with Gasteiger partial charge in [-0.05, 0) is 31.5 Å². The number of aryl methyl sites for hydroxylation is 2. The average Bonchev–Trinajstić information content (AvgIpc) is 2.70. The van der Waals surface area contributed by atoms with Gasteiger partial charge in [-0.25, -0.2) is 0 Å². The van der Waals surface area contributed by atoms with Crippen molar-refractivity contribution in [1.29, 1.82) is 0 Å². The number of rotatable bonds is 3. The number of benzene rings is 1. The van der Waals surface area contributed by atoms with Gasteiger partial charge in [-0.15, -0.1) is 5.10 Å². The van der Waals surface area contributed by atoms with Crippen LogP contribution in [0.2, 0.25) is 5.02 Å². The molecule has 1 unspecified atom stereocenters. The Kier molecular flexibility index (Phi) is 3.33. The smallest absolute Gasteiger partial charge is 0.0803 e. The molecule has 0 aliphatic heterocycles. The number of hydrogen-bond acceptors (Lipinski definition) is 3. The molecule has 90 valence electrons. The summed E-state index contributed by atoms with van der Waals surface area (Å²) in [4.78, 5) is 0. The third-order valence-corrected chi connectivity index (χ3v) is 3.02. The molecule has 2 rings (SSSR count). The van der Waals surface area contributed by atoms with Crippen LogP contribution in [0.15, 0.2) is 24.4 Å². The fourth-order valence-electron chi connectivity index (χ4n) is 1.75. The summed E-state index contributed by atoms with van der Waals surface area (Å²) in [7, 11) is 1.87. The highest BCUT2D eigenvalue weighted by atomic mass is 35.5. The largest absolute Gasteiger partial charge is 0.376 e. The molecule has 1 atom stereocenters. The molecule has 1 N–H and O–H groups in total. The Labute approximate surface area is 106 Å². The molecular formula is C12H15ClN4. The Morgan fingerprint density at radius 1 is 1.41 bits per heavy atom. The normalized spacial score (nSPS) is 12.5. The van der Waals surface area contributed by atoms with Crippen molar-refractivity contribution in [2.75, 3.05) is 5.32 Å². The molecule has 1 heterocycles. The Morgan fingerprint density at radius 3 is 2.82 bits per heavy atom. The van der Waals surface area contributed by atoms with Crippen LogP contribution in [0, 0.1) is 6.92 Å². The summed E-state index contributed by atoms with van der Waals surface area (Å²) in [6, 6.07) is 6.02. The number of anilines is 1. The molecule has 17 heavy (non-hydrogen) atoms. The van der Waals surface area contributed by atoms with Gasteiger partial charge in [0.05, 0.1) is 28.6 Å². The van der Waals surface area contributed by atoms with Crippen LogP contribution in [0.5, 0.6) is 0 Å². The standard InChI is InChI=1S/C12H15ClN4/c1-8-4-5-10(13)11(6-8)15-9(2)12-7-14-16-17(12)3/h4-7,9,15H,1-3H3. The molecular weight excluding hydrogens is 236 g/mol. The molecule has 0 amide bonds. The van der Waals surface area contributed by atoms with Crippen LogP contribution in [0.25, 0.3) is 0 Å². The first kappa shape index (κ1) is 11.9. The number of aromatic nitrogens is 3. The fraction of sp³-hybridized carbons (Fsp3) is 0.333. The van der Waals surface area contributed by atoms with Gasteiger partial charge in [-0.2, -0.15) is 0 Å². The van der Waals surface area contributed by atoms with Gasteiger partial charge in [0.1, 0.15) is 0 Å². The van der Waals surface area contributed by atoms with E-state index in [2.05, 4.69) is 22.6 Å². The van der Waals surface area contributed by atoms with Gasteiger partial charge < -0.3 is 5.32 Å². The van der Waals surface area contributed by atoms with Crippen LogP contribution >= 0.6 is 11.6 Å². The van der Waals surface area contributed by atoms with Crippen molar-refractivity contribution in [3.63, 3.8) is 0 Å². The third-order valence-electron chi connectivity index (χ3n) is 2.69. The lowest BCUT2D eigenvalue weighted by atomic mass is 10.2. The lowest BCUT2D eigenvalue weighted by Gasteiger charge is -2.16. The molecule has 0 spiro atoms. The number of hydrogen-bond donors (Lipinski definition) is 1. The summed E-state index contributed by atoms with van der Waals surface area (Å²) in [5, 5.41) is 11.9. The van der Waals surface area contributed by atoms with Crippen LogP contribution in [0.4, 0.5) is 5.69 Å². The topological polar surface area (TPSA) is 42.7 Å². The summed E-state index contributed by atoms with van der Waals surface area (Å²) in [6.45, 7) is 4.09. The van der Waals surface area contributed by atoms with E-state index in [9.17, 15) is 0 Å². The summed E-state index contributed by atoms with van der Waals surface area (Å²) < 4.78 is 1.75. The minimum Gasteiger partial charge on any atom is -0.376 e. The zero-order chi connectivity index (χ0) is 12.4. The van der Waals surface area contributed by atoms with Crippen molar-refractivity contribution in [1.82, 2.24) is 15.0 Å². The molecule has 0 aliphatic rings. The van der Waals surface area contributed by atoms with Crippen LogP contribution in [-0.4, -0.2) is 15.0 Å². The fourth-order valence-corrected chi connectivity index (χ4v) is 1.92. The van der Waals surface area contributed by atoms with Crippen LogP contribution in [0.1, 0.15) is 24.2 Å². The number of halogens is 1. The molecule has 0 radical (unpaired) electrons. The second-order valence-electron chi connectivity index (χ2n) is 4.13. The van der Waals surface area contributed by atoms with Crippen molar-refractivity contribution >= 4 is 17.3 Å². The van der Waals surface area contributed by atoms with Crippen molar-refractivity contribution in [3.8, 4) is 0 Å². The SMILES string of the molecule is Cc1ccc(Cl)c(NC(C)c2cnnn2C)c1. The van der Waals surface area contributed by atoms with Crippen LogP contribution in [-0.2, 0) is 7.05 Å². The molecule has 0 saturated carbocycles. The lowest BCUT2D eigenvalue weighted by molar-refractivity contribution is 0.653. The molecule has 0 bridgehead atoms. The predicted molar refractivity (Wildman–Crippen MR) is 69.2 cm³/mol. The van der Waals surface area contributed by atoms with E-state index < -0.39 is 0 Å². The lowest BCUT2D eigenvalue weighted by Crippen LogP contribution is -2.11. The van der Waals surface area contributed by atoms with Crippen LogP contribution < -0.4 is 5.32 Å². The molecule has 5 heteroatoms. The van der Waals surface area contributed by atoms with E-state index in [4.69, 9.17) is 11.6 Å². The molecule has 1 aromatic heterocycles. The van der Waals surface area contributed by atoms with E-state index in [1.807, 2.05) is 32.2 Å². The Morgan fingerprint density at radius 2 is 2.18 bits per heavy atom. The van der Waals surface area contributed by atoms with Crippen molar-refractivity contribution < 1.29 is 0 Å². The molecule has 0 aliphatic carbocycles. The Bertz CT molecular complexity index is 521. The molecule has 1 aromatic carbocycles. The van der Waals surface area contributed by atoms with Gasteiger partial charge in [0.25, 0.3) is 0 Å². The Hall–Kier alpha value is -1.55. The van der Waals surface area contributed by atoms with E-state index in [0.717, 1.165) is 16.4 Å². The van der Waals surface area contributed by atoms with E-state index >= 15 is 0 Å². The molecule has 0 fully saturated rings. The van der Waals surface area contributed by atoms with Gasteiger partial charge in [0, 0.05) is 7.05 Å². The van der Waals surface area contributed by atoms with E-state index in [1.54, 1.807) is 10.9 Å². The molecule has 0 saturated heterocycles. The first-order chi connectivity index (χ1) is 8.08. The minimum absolute atomic E-state index is 0.106. The summed E-state index contributed by atoms with van der Waals surface area (Å²) in [5.74, 6) is 0. The summed E-state index contributed by atoms with van der Waals surface area (Å²) in [6.07, 6.45) is 1.75. The summed E-state index contributed by atoms with van der Waals surface area (Å²) in [5.41, 5.74) is 3.12. The van der Waals surface area contributed by atoms with Gasteiger partial charge in [0.15, 0.2) is 0 Å². The highest BCUT2D eigenvalue weighted by Gasteiger charge is 2.11. The third kappa shape index (κ3) is 2.58. The second kappa shape index (κ2) is 4.75. The van der Waals surface area contributed by atoms with Gasteiger partial charge in [-0.3, -0.25) is 4.68 Å². The van der Waals surface area contributed by atoms with Crippen molar-refractivity contribution in [2.24, 2.45) is 7.05 Å². The van der Waals surface area contributed by atoms with Crippen molar-refractivity contribution in [2.45, 2.75) is 19.9 Å². The minimum atomic E-state index is 0.106. The van der Waals surface area contributed by atoms with Gasteiger partial charge >= 0.3 is 0 Å². The highest BCUT2D eigenvalue weighted by molar-refractivity contribution is 6.33. The number of nitrogens with zero attached hydrogens (tertiary/aromatic N) is 3. The van der Waals surface area contributed by atoms with Gasteiger partial charge in [0.2, 0.25) is 0 Å². The van der Waals surface area contributed by atoms with Gasteiger partial charge in [-0.1, -0.05) is 22.9 Å².